The van der Waals surface area contributed by atoms with Crippen LogP contribution in [0.25, 0.3) is 0 Å². The van der Waals surface area contributed by atoms with Crippen molar-refractivity contribution in [3.05, 3.63) is 17.3 Å². The molecular weight excluding hydrogens is 421 g/mol. The molecule has 0 bridgehead atoms. The van der Waals surface area contributed by atoms with E-state index in [0.717, 1.165) is 43.5 Å². The van der Waals surface area contributed by atoms with Crippen LogP contribution < -0.4 is 10.6 Å². The summed E-state index contributed by atoms with van der Waals surface area (Å²) in [7, 11) is 0. The van der Waals surface area contributed by atoms with Gasteiger partial charge in [-0.2, -0.15) is 0 Å². The normalized spacial score (nSPS) is 17.6. The van der Waals surface area contributed by atoms with Crippen LogP contribution in [0.15, 0.2) is 9.41 Å². The van der Waals surface area contributed by atoms with Crippen molar-refractivity contribution >= 4 is 35.8 Å². The van der Waals surface area contributed by atoms with Gasteiger partial charge in [-0.3, -0.25) is 4.79 Å². The first-order valence-electron chi connectivity index (χ1n) is 8.29. The molecule has 1 fully saturated rings. The van der Waals surface area contributed by atoms with E-state index in [1.54, 1.807) is 0 Å². The van der Waals surface area contributed by atoms with E-state index in [9.17, 15) is 4.79 Å². The van der Waals surface area contributed by atoms with Crippen LogP contribution in [0.3, 0.4) is 0 Å². The van der Waals surface area contributed by atoms with Crippen LogP contribution in [-0.2, 0) is 11.3 Å². The summed E-state index contributed by atoms with van der Waals surface area (Å²) in [4.78, 5) is 22.5. The Labute approximate surface area is 160 Å². The molecule has 24 heavy (non-hydrogen) atoms. The van der Waals surface area contributed by atoms with Crippen molar-refractivity contribution in [2.75, 3.05) is 19.6 Å². The van der Waals surface area contributed by atoms with E-state index < -0.39 is 0 Å². The first-order chi connectivity index (χ1) is 11.0. The van der Waals surface area contributed by atoms with Crippen molar-refractivity contribution in [1.29, 1.82) is 0 Å². The molecule has 1 saturated heterocycles. The molecule has 2 heterocycles. The highest BCUT2D eigenvalue weighted by atomic mass is 127. The number of amides is 1. The number of rotatable bonds is 5. The summed E-state index contributed by atoms with van der Waals surface area (Å²) in [5.74, 6) is 2.39. The molecule has 2 N–H and O–H groups in total. The highest BCUT2D eigenvalue weighted by molar-refractivity contribution is 14.0. The van der Waals surface area contributed by atoms with Crippen LogP contribution in [0.1, 0.15) is 44.0 Å². The SMILES string of the molecule is CCNC(=NCc1nc(C)c(C)o1)NC1CCN(C(=O)CC)C1.I. The Balaban J connectivity index is 0.00000288. The number of halogens is 1. The molecule has 136 valence electrons. The van der Waals surface area contributed by atoms with Gasteiger partial charge in [0.25, 0.3) is 0 Å². The number of hydrogen-bond donors (Lipinski definition) is 2. The molecule has 0 saturated carbocycles. The molecule has 1 atom stereocenters. The molecule has 1 amide bonds. The van der Waals surface area contributed by atoms with E-state index in [1.165, 1.54) is 0 Å². The highest BCUT2D eigenvalue weighted by Gasteiger charge is 2.25. The van der Waals surface area contributed by atoms with Gasteiger partial charge in [0.05, 0.1) is 5.69 Å². The van der Waals surface area contributed by atoms with Crippen molar-refractivity contribution < 1.29 is 9.21 Å². The van der Waals surface area contributed by atoms with E-state index in [4.69, 9.17) is 4.42 Å². The fraction of sp³-hybridized carbons (Fsp3) is 0.688. The molecule has 8 heteroatoms. The van der Waals surface area contributed by atoms with Gasteiger partial charge in [0, 0.05) is 32.1 Å². The second-order valence-corrected chi connectivity index (χ2v) is 5.77. The highest BCUT2D eigenvalue weighted by Crippen LogP contribution is 2.11. The zero-order valence-corrected chi connectivity index (χ0v) is 17.2. The molecule has 1 aliphatic rings. The third kappa shape index (κ3) is 5.64. The Morgan fingerprint density at radius 1 is 1.42 bits per heavy atom. The van der Waals surface area contributed by atoms with Crippen molar-refractivity contribution in [2.45, 2.75) is 53.1 Å². The zero-order valence-electron chi connectivity index (χ0n) is 14.9. The number of aromatic nitrogens is 1. The molecular formula is C16H28IN5O2. The zero-order chi connectivity index (χ0) is 16.8. The Hall–Kier alpha value is -1.32. The summed E-state index contributed by atoms with van der Waals surface area (Å²) < 4.78 is 5.55. The number of oxazole rings is 1. The molecule has 1 aromatic rings. The lowest BCUT2D eigenvalue weighted by atomic mass is 10.3. The number of hydrogen-bond acceptors (Lipinski definition) is 4. The number of carbonyl (C=O) groups is 1. The van der Waals surface area contributed by atoms with E-state index in [-0.39, 0.29) is 35.9 Å². The minimum atomic E-state index is 0. The maximum absolute atomic E-state index is 11.7. The van der Waals surface area contributed by atoms with Crippen molar-refractivity contribution in [3.63, 3.8) is 0 Å². The van der Waals surface area contributed by atoms with Gasteiger partial charge in [0.15, 0.2) is 5.96 Å². The van der Waals surface area contributed by atoms with Crippen LogP contribution in [0.2, 0.25) is 0 Å². The van der Waals surface area contributed by atoms with Crippen LogP contribution in [0.5, 0.6) is 0 Å². The van der Waals surface area contributed by atoms with Gasteiger partial charge >= 0.3 is 0 Å². The first kappa shape index (κ1) is 20.7. The minimum Gasteiger partial charge on any atom is -0.444 e. The number of nitrogens with one attached hydrogen (secondary N) is 2. The van der Waals surface area contributed by atoms with Crippen molar-refractivity contribution in [1.82, 2.24) is 20.5 Å². The number of aryl methyl sites for hydroxylation is 2. The Kier molecular flexibility index (Phi) is 8.51. The fourth-order valence-corrected chi connectivity index (χ4v) is 2.60. The van der Waals surface area contributed by atoms with E-state index in [2.05, 4.69) is 20.6 Å². The topological polar surface area (TPSA) is 82.8 Å². The summed E-state index contributed by atoms with van der Waals surface area (Å²) >= 11 is 0. The first-order valence-corrected chi connectivity index (χ1v) is 8.29. The number of guanidine groups is 1. The maximum Gasteiger partial charge on any atom is 0.222 e. The third-order valence-electron chi connectivity index (χ3n) is 3.97. The lowest BCUT2D eigenvalue weighted by Crippen LogP contribution is -2.45. The summed E-state index contributed by atoms with van der Waals surface area (Å²) in [6.45, 7) is 10.5. The standard InChI is InChI=1S/C16H27N5O2.HI/c1-5-15(22)21-8-7-13(10-21)20-16(17-6-2)18-9-14-19-11(3)12(4)23-14;/h13H,5-10H2,1-4H3,(H2,17,18,20);1H. The van der Waals surface area contributed by atoms with Crippen LogP contribution >= 0.6 is 24.0 Å². The number of aliphatic imine (C=N–C) groups is 1. The molecule has 0 aromatic carbocycles. The average Bonchev–Trinajstić information content (AvgIpc) is 3.11. The molecule has 0 radical (unpaired) electrons. The van der Waals surface area contributed by atoms with Gasteiger partial charge in [-0.15, -0.1) is 24.0 Å². The van der Waals surface area contributed by atoms with E-state index in [1.807, 2.05) is 32.6 Å². The van der Waals surface area contributed by atoms with Crippen LogP contribution in [-0.4, -0.2) is 47.4 Å². The second-order valence-electron chi connectivity index (χ2n) is 5.77. The van der Waals surface area contributed by atoms with Crippen molar-refractivity contribution in [2.24, 2.45) is 4.99 Å². The molecule has 0 spiro atoms. The molecule has 1 aromatic heterocycles. The van der Waals surface area contributed by atoms with E-state index >= 15 is 0 Å². The van der Waals surface area contributed by atoms with Gasteiger partial charge in [0.2, 0.25) is 11.8 Å². The Bertz CT molecular complexity index is 553. The number of nitrogens with zero attached hydrogens (tertiary/aromatic N) is 3. The number of carbonyl (C=O) groups excluding carboxylic acids is 1. The predicted octanol–water partition coefficient (Wildman–Crippen LogP) is 1.98. The Morgan fingerprint density at radius 2 is 2.17 bits per heavy atom. The van der Waals surface area contributed by atoms with Gasteiger partial charge in [-0.1, -0.05) is 6.92 Å². The molecule has 1 aliphatic heterocycles. The number of likely N-dealkylation sites (tertiary alicyclic amines) is 1. The quantitative estimate of drug-likeness (QED) is 0.408. The average molecular weight is 449 g/mol. The predicted molar refractivity (Wildman–Crippen MR) is 105 cm³/mol. The summed E-state index contributed by atoms with van der Waals surface area (Å²) in [6.07, 6.45) is 1.50. The van der Waals surface area contributed by atoms with Crippen molar-refractivity contribution in [3.8, 4) is 0 Å². The van der Waals surface area contributed by atoms with Crippen LogP contribution in [0.4, 0.5) is 0 Å². The lowest BCUT2D eigenvalue weighted by Gasteiger charge is -2.18. The second kappa shape index (κ2) is 9.85. The maximum atomic E-state index is 11.7. The van der Waals surface area contributed by atoms with Gasteiger partial charge < -0.3 is 20.0 Å². The molecule has 0 aliphatic carbocycles. The summed E-state index contributed by atoms with van der Waals surface area (Å²) in [6, 6.07) is 0.233. The molecule has 2 rings (SSSR count). The summed E-state index contributed by atoms with van der Waals surface area (Å²) in [5, 5.41) is 6.62. The van der Waals surface area contributed by atoms with E-state index in [0.29, 0.717) is 18.9 Å². The fourth-order valence-electron chi connectivity index (χ4n) is 2.60. The molecule has 1 unspecified atom stereocenters. The third-order valence-corrected chi connectivity index (χ3v) is 3.97. The van der Waals surface area contributed by atoms with Gasteiger partial charge in [-0.05, 0) is 27.2 Å². The smallest absolute Gasteiger partial charge is 0.222 e. The largest absolute Gasteiger partial charge is 0.444 e. The van der Waals surface area contributed by atoms with Gasteiger partial charge in [0.1, 0.15) is 12.3 Å². The van der Waals surface area contributed by atoms with Gasteiger partial charge in [-0.25, -0.2) is 9.98 Å². The van der Waals surface area contributed by atoms with Crippen LogP contribution in [0, 0.1) is 13.8 Å². The summed E-state index contributed by atoms with van der Waals surface area (Å²) in [5.41, 5.74) is 0.901. The monoisotopic (exact) mass is 449 g/mol. The molecule has 7 nitrogen and oxygen atoms in total. The minimum absolute atomic E-state index is 0. The lowest BCUT2D eigenvalue weighted by molar-refractivity contribution is -0.129. The Morgan fingerprint density at radius 3 is 2.75 bits per heavy atom.